The number of nitrogens with one attached hydrogen (secondary N) is 3. The third kappa shape index (κ3) is 4.65. The molecular weight excluding hydrogens is 412 g/mol. The Morgan fingerprint density at radius 1 is 1.03 bits per heavy atom. The highest BCUT2D eigenvalue weighted by Crippen LogP contribution is 2.31. The van der Waals surface area contributed by atoms with Gasteiger partial charge >= 0.3 is 6.03 Å². The Labute approximate surface area is 195 Å². The van der Waals surface area contributed by atoms with Gasteiger partial charge in [0.1, 0.15) is 5.82 Å². The molecule has 0 radical (unpaired) electrons. The lowest BCUT2D eigenvalue weighted by molar-refractivity contribution is 0.247. The molecule has 3 aromatic rings. The van der Waals surface area contributed by atoms with Crippen molar-refractivity contribution in [1.29, 1.82) is 0 Å². The molecule has 7 heteroatoms. The molecule has 5 rings (SSSR count). The van der Waals surface area contributed by atoms with Crippen molar-refractivity contribution in [3.8, 4) is 5.69 Å². The van der Waals surface area contributed by atoms with Crippen molar-refractivity contribution >= 4 is 11.8 Å². The number of hydrogen-bond acceptors (Lipinski definition) is 4. The fraction of sp³-hybridized carbons (Fsp3) is 0.385. The largest absolute Gasteiger partial charge is 0.333 e. The van der Waals surface area contributed by atoms with Crippen molar-refractivity contribution in [2.75, 3.05) is 38.5 Å². The van der Waals surface area contributed by atoms with E-state index in [-0.39, 0.29) is 18.0 Å². The van der Waals surface area contributed by atoms with Crippen LogP contribution in [-0.2, 0) is 12.8 Å². The van der Waals surface area contributed by atoms with Crippen molar-refractivity contribution in [3.63, 3.8) is 0 Å². The first kappa shape index (κ1) is 21.7. The predicted molar refractivity (Wildman–Crippen MR) is 131 cm³/mol. The van der Waals surface area contributed by atoms with Crippen LogP contribution in [0.1, 0.15) is 29.2 Å². The molecule has 1 aliphatic carbocycles. The molecule has 1 saturated heterocycles. The lowest BCUT2D eigenvalue weighted by Gasteiger charge is -2.21. The standard InChI is InChI=1S/C26H32N6O/c1-27-15-16-31-17-22(19-9-4-2-5-10-19)24(18-31)28-26(33)29-25-21-13-8-14-23(21)30-32(25)20-11-6-3-7-12-20/h2-7,9-12,22,24,27H,8,13-18H2,1H3,(H2,28,29,33)/t22-,24?/m0/s1. The summed E-state index contributed by atoms with van der Waals surface area (Å²) in [6, 6.07) is 20.4. The van der Waals surface area contributed by atoms with Crippen LogP contribution in [0.4, 0.5) is 10.6 Å². The van der Waals surface area contributed by atoms with Gasteiger partial charge in [0.25, 0.3) is 0 Å². The minimum absolute atomic E-state index is 0.0467. The summed E-state index contributed by atoms with van der Waals surface area (Å²) in [5.74, 6) is 1.06. The fourth-order valence-electron chi connectivity index (χ4n) is 5.11. The molecule has 2 heterocycles. The summed E-state index contributed by atoms with van der Waals surface area (Å²) in [6.45, 7) is 3.68. The van der Waals surface area contributed by atoms with E-state index in [1.807, 2.05) is 48.1 Å². The van der Waals surface area contributed by atoms with Crippen LogP contribution in [-0.4, -0.2) is 60.0 Å². The lowest BCUT2D eigenvalue weighted by atomic mass is 9.94. The van der Waals surface area contributed by atoms with E-state index < -0.39 is 0 Å². The predicted octanol–water partition coefficient (Wildman–Crippen LogP) is 3.17. The molecule has 0 saturated carbocycles. The first-order chi connectivity index (χ1) is 16.2. The molecule has 1 fully saturated rings. The minimum Gasteiger partial charge on any atom is -0.333 e. The smallest absolute Gasteiger partial charge is 0.320 e. The highest BCUT2D eigenvalue weighted by atomic mass is 16.2. The molecule has 2 aliphatic rings. The number of carbonyl (C=O) groups excluding carboxylic acids is 1. The summed E-state index contributed by atoms with van der Waals surface area (Å²) in [5, 5.41) is 14.5. The van der Waals surface area contributed by atoms with Crippen LogP contribution in [0, 0.1) is 0 Å². The molecule has 1 aromatic heterocycles. The Bertz CT molecular complexity index is 1080. The number of nitrogens with zero attached hydrogens (tertiary/aromatic N) is 3. The number of aryl methyl sites for hydroxylation is 1. The summed E-state index contributed by atoms with van der Waals surface area (Å²) in [7, 11) is 1.97. The van der Waals surface area contributed by atoms with Gasteiger partial charge < -0.3 is 10.6 Å². The van der Waals surface area contributed by atoms with E-state index in [0.29, 0.717) is 0 Å². The van der Waals surface area contributed by atoms with Crippen molar-refractivity contribution in [1.82, 2.24) is 25.3 Å². The van der Waals surface area contributed by atoms with Crippen LogP contribution in [0.15, 0.2) is 60.7 Å². The van der Waals surface area contributed by atoms with Crippen LogP contribution >= 0.6 is 0 Å². The molecule has 2 aromatic carbocycles. The Balaban J connectivity index is 1.35. The zero-order valence-electron chi connectivity index (χ0n) is 19.1. The maximum atomic E-state index is 13.3. The van der Waals surface area contributed by atoms with E-state index in [2.05, 4.69) is 45.1 Å². The van der Waals surface area contributed by atoms with E-state index in [4.69, 9.17) is 5.10 Å². The first-order valence-electron chi connectivity index (χ1n) is 11.9. The molecule has 2 amide bonds. The van der Waals surface area contributed by atoms with Gasteiger partial charge in [0.2, 0.25) is 0 Å². The van der Waals surface area contributed by atoms with Crippen molar-refractivity contribution in [2.24, 2.45) is 0 Å². The number of aromatic nitrogens is 2. The highest BCUT2D eigenvalue weighted by molar-refractivity contribution is 5.90. The van der Waals surface area contributed by atoms with Gasteiger partial charge in [0.15, 0.2) is 0 Å². The average molecular weight is 445 g/mol. The zero-order chi connectivity index (χ0) is 22.6. The van der Waals surface area contributed by atoms with Crippen molar-refractivity contribution in [2.45, 2.75) is 31.2 Å². The van der Waals surface area contributed by atoms with Gasteiger partial charge in [-0.2, -0.15) is 5.10 Å². The average Bonchev–Trinajstić information content (AvgIpc) is 3.55. The normalized spacial score (nSPS) is 20.0. The molecule has 0 bridgehead atoms. The van der Waals surface area contributed by atoms with E-state index in [9.17, 15) is 4.79 Å². The second-order valence-electron chi connectivity index (χ2n) is 8.96. The number of para-hydroxylation sites is 1. The molecule has 7 nitrogen and oxygen atoms in total. The summed E-state index contributed by atoms with van der Waals surface area (Å²) in [4.78, 5) is 15.7. The maximum absolute atomic E-state index is 13.3. The number of likely N-dealkylation sites (tertiary alicyclic amines) is 1. The molecule has 2 atom stereocenters. The number of carbonyl (C=O) groups is 1. The highest BCUT2D eigenvalue weighted by Gasteiger charge is 2.35. The van der Waals surface area contributed by atoms with Crippen LogP contribution in [0.5, 0.6) is 0 Å². The summed E-state index contributed by atoms with van der Waals surface area (Å²) < 4.78 is 1.88. The van der Waals surface area contributed by atoms with E-state index in [1.54, 1.807) is 0 Å². The van der Waals surface area contributed by atoms with E-state index in [0.717, 1.165) is 68.2 Å². The topological polar surface area (TPSA) is 74.2 Å². The minimum atomic E-state index is -0.164. The van der Waals surface area contributed by atoms with Gasteiger partial charge in [-0.1, -0.05) is 48.5 Å². The SMILES string of the molecule is CNCCN1CC(NC(=O)Nc2c3c(nn2-c2ccccc2)CCC3)[C@H](c2ccccc2)C1. The Hall–Kier alpha value is -3.16. The zero-order valence-corrected chi connectivity index (χ0v) is 19.1. The van der Waals surface area contributed by atoms with Crippen molar-refractivity contribution < 1.29 is 4.79 Å². The van der Waals surface area contributed by atoms with Gasteiger partial charge in [0.05, 0.1) is 17.4 Å². The third-order valence-corrected chi connectivity index (χ3v) is 6.76. The Morgan fingerprint density at radius 3 is 2.55 bits per heavy atom. The number of rotatable bonds is 7. The first-order valence-corrected chi connectivity index (χ1v) is 11.9. The van der Waals surface area contributed by atoms with Crippen LogP contribution in [0.3, 0.4) is 0 Å². The molecule has 3 N–H and O–H groups in total. The number of urea groups is 1. The molecule has 172 valence electrons. The van der Waals surface area contributed by atoms with Gasteiger partial charge in [-0.05, 0) is 44.0 Å². The second-order valence-corrected chi connectivity index (χ2v) is 8.96. The Kier molecular flexibility index (Phi) is 6.41. The molecular formula is C26H32N6O. The number of hydrogen-bond donors (Lipinski definition) is 3. The quantitative estimate of drug-likeness (QED) is 0.523. The summed E-state index contributed by atoms with van der Waals surface area (Å²) in [5.41, 5.74) is 4.49. The summed E-state index contributed by atoms with van der Waals surface area (Å²) >= 11 is 0. The molecule has 0 spiro atoms. The van der Waals surface area contributed by atoms with Gasteiger partial charge in [-0.25, -0.2) is 9.48 Å². The maximum Gasteiger partial charge on any atom is 0.320 e. The van der Waals surface area contributed by atoms with Crippen LogP contribution in [0.25, 0.3) is 5.69 Å². The second kappa shape index (κ2) is 9.77. The van der Waals surface area contributed by atoms with Crippen LogP contribution < -0.4 is 16.0 Å². The van der Waals surface area contributed by atoms with Crippen molar-refractivity contribution in [3.05, 3.63) is 77.5 Å². The number of anilines is 1. The number of fused-ring (bicyclic) bond motifs is 1. The van der Waals surface area contributed by atoms with Gasteiger partial charge in [0, 0.05) is 37.7 Å². The molecule has 33 heavy (non-hydrogen) atoms. The van der Waals surface area contributed by atoms with E-state index in [1.165, 1.54) is 5.56 Å². The van der Waals surface area contributed by atoms with Crippen LogP contribution in [0.2, 0.25) is 0 Å². The van der Waals surface area contributed by atoms with Gasteiger partial charge in [-0.3, -0.25) is 10.2 Å². The van der Waals surface area contributed by atoms with Gasteiger partial charge in [-0.15, -0.1) is 0 Å². The number of benzene rings is 2. The van der Waals surface area contributed by atoms with E-state index >= 15 is 0 Å². The monoisotopic (exact) mass is 444 g/mol. The lowest BCUT2D eigenvalue weighted by Crippen LogP contribution is -2.42. The number of amides is 2. The number of likely N-dealkylation sites (N-methyl/N-ethyl adjacent to an activating group) is 1. The third-order valence-electron chi connectivity index (χ3n) is 6.76. The Morgan fingerprint density at radius 2 is 1.79 bits per heavy atom. The summed E-state index contributed by atoms with van der Waals surface area (Å²) in [6.07, 6.45) is 3.00. The molecule has 1 aliphatic heterocycles. The molecule has 1 unspecified atom stereocenters. The fourth-order valence-corrected chi connectivity index (χ4v) is 5.11.